The van der Waals surface area contributed by atoms with E-state index in [0.717, 1.165) is 10.6 Å². The fourth-order valence-corrected chi connectivity index (χ4v) is 2.33. The molecule has 0 fully saturated rings. The molecule has 18 heavy (non-hydrogen) atoms. The topological polar surface area (TPSA) is 70.2 Å². The summed E-state index contributed by atoms with van der Waals surface area (Å²) in [7, 11) is 1.73. The number of nitrogens with one attached hydrogen (secondary N) is 3. The Labute approximate surface area is 110 Å². The average Bonchev–Trinajstić information content (AvgIpc) is 2.37. The summed E-state index contributed by atoms with van der Waals surface area (Å²) in [4.78, 5) is 24.0. The number of likely N-dealkylation sites (N-methyl/N-ethyl adjacent to an activating group) is 1. The van der Waals surface area contributed by atoms with E-state index < -0.39 is 0 Å². The van der Waals surface area contributed by atoms with Gasteiger partial charge in [0.2, 0.25) is 11.8 Å². The molecule has 96 valence electrons. The number of hydrogen-bond acceptors (Lipinski definition) is 4. The van der Waals surface area contributed by atoms with Crippen LogP contribution in [0.4, 0.5) is 11.4 Å². The summed E-state index contributed by atoms with van der Waals surface area (Å²) >= 11 is 1.50. The third-order valence-electron chi connectivity index (χ3n) is 2.71. The Morgan fingerprint density at radius 2 is 2.28 bits per heavy atom. The van der Waals surface area contributed by atoms with Gasteiger partial charge in [0.1, 0.15) is 0 Å². The van der Waals surface area contributed by atoms with Crippen molar-refractivity contribution in [2.24, 2.45) is 0 Å². The summed E-state index contributed by atoms with van der Waals surface area (Å²) in [5, 5.41) is 8.45. The highest BCUT2D eigenvalue weighted by atomic mass is 32.2. The van der Waals surface area contributed by atoms with Crippen LogP contribution in [0.15, 0.2) is 23.1 Å². The zero-order chi connectivity index (χ0) is 13.1. The maximum Gasteiger partial charge on any atom is 0.241 e. The molecule has 0 aromatic heterocycles. The molecule has 5 nitrogen and oxygen atoms in total. The van der Waals surface area contributed by atoms with E-state index in [1.165, 1.54) is 11.8 Å². The van der Waals surface area contributed by atoms with Crippen molar-refractivity contribution in [1.82, 2.24) is 5.32 Å². The highest BCUT2D eigenvalue weighted by Crippen LogP contribution is 2.33. The van der Waals surface area contributed by atoms with Crippen LogP contribution in [0.3, 0.4) is 0 Å². The number of carbonyl (C=O) groups is 2. The lowest BCUT2D eigenvalue weighted by molar-refractivity contribution is -0.117. The van der Waals surface area contributed by atoms with Gasteiger partial charge in [-0.15, -0.1) is 11.8 Å². The molecule has 1 heterocycles. The third-order valence-corrected chi connectivity index (χ3v) is 3.78. The number of anilines is 2. The van der Waals surface area contributed by atoms with Gasteiger partial charge in [-0.25, -0.2) is 0 Å². The van der Waals surface area contributed by atoms with E-state index in [-0.39, 0.29) is 17.9 Å². The smallest absolute Gasteiger partial charge is 0.241 e. The van der Waals surface area contributed by atoms with Crippen molar-refractivity contribution >= 4 is 35.0 Å². The first kappa shape index (κ1) is 12.9. The zero-order valence-electron chi connectivity index (χ0n) is 10.2. The Morgan fingerprint density at radius 3 is 3.00 bits per heavy atom. The van der Waals surface area contributed by atoms with Gasteiger partial charge in [0.05, 0.1) is 17.5 Å². The van der Waals surface area contributed by atoms with Crippen molar-refractivity contribution in [3.05, 3.63) is 18.2 Å². The Morgan fingerprint density at radius 1 is 1.50 bits per heavy atom. The van der Waals surface area contributed by atoms with Gasteiger partial charge < -0.3 is 16.0 Å². The molecule has 3 N–H and O–H groups in total. The molecule has 1 aromatic carbocycles. The second-order valence-electron chi connectivity index (χ2n) is 4.05. The van der Waals surface area contributed by atoms with Crippen LogP contribution in [0.1, 0.15) is 6.92 Å². The first-order valence-electron chi connectivity index (χ1n) is 5.65. The second kappa shape index (κ2) is 5.41. The van der Waals surface area contributed by atoms with Crippen LogP contribution in [0, 0.1) is 0 Å². The van der Waals surface area contributed by atoms with Crippen molar-refractivity contribution in [3.63, 3.8) is 0 Å². The number of carbonyl (C=O) groups excluding carboxylic acids is 2. The summed E-state index contributed by atoms with van der Waals surface area (Å²) in [5.74, 6) is 0.321. The first-order valence-corrected chi connectivity index (χ1v) is 6.63. The highest BCUT2D eigenvalue weighted by Gasteiger charge is 2.16. The molecule has 1 aliphatic rings. The molecular weight excluding hydrogens is 250 g/mol. The zero-order valence-corrected chi connectivity index (χ0v) is 11.1. The SMILES string of the molecule is CNC(C)C(=O)Nc1ccc2c(c1)NC(=O)CS2. The van der Waals surface area contributed by atoms with Crippen molar-refractivity contribution in [2.75, 3.05) is 23.4 Å². The van der Waals surface area contributed by atoms with Gasteiger partial charge in [-0.05, 0) is 32.2 Å². The van der Waals surface area contributed by atoms with Gasteiger partial charge in [-0.3, -0.25) is 9.59 Å². The summed E-state index contributed by atoms with van der Waals surface area (Å²) < 4.78 is 0. The molecule has 0 bridgehead atoms. The monoisotopic (exact) mass is 265 g/mol. The molecule has 1 aromatic rings. The molecule has 1 unspecified atom stereocenters. The molecule has 0 radical (unpaired) electrons. The van der Waals surface area contributed by atoms with Crippen molar-refractivity contribution < 1.29 is 9.59 Å². The lowest BCUT2D eigenvalue weighted by Crippen LogP contribution is -2.35. The van der Waals surface area contributed by atoms with E-state index in [4.69, 9.17) is 0 Å². The standard InChI is InChI=1S/C12H15N3O2S/c1-7(13-2)12(17)14-8-3-4-10-9(5-8)15-11(16)6-18-10/h3-5,7,13H,6H2,1-2H3,(H,14,17)(H,15,16). The summed E-state index contributed by atoms with van der Waals surface area (Å²) in [6.45, 7) is 1.78. The van der Waals surface area contributed by atoms with Crippen molar-refractivity contribution in [2.45, 2.75) is 17.9 Å². The lowest BCUT2D eigenvalue weighted by Gasteiger charge is -2.18. The molecule has 0 saturated heterocycles. The normalized spacial score (nSPS) is 15.6. The number of thioether (sulfide) groups is 1. The molecule has 2 amide bonds. The highest BCUT2D eigenvalue weighted by molar-refractivity contribution is 8.00. The first-order chi connectivity index (χ1) is 8.60. The van der Waals surface area contributed by atoms with Gasteiger partial charge in [0, 0.05) is 10.6 Å². The van der Waals surface area contributed by atoms with E-state index in [9.17, 15) is 9.59 Å². The van der Waals surface area contributed by atoms with E-state index in [1.54, 1.807) is 20.0 Å². The van der Waals surface area contributed by atoms with Crippen LogP contribution in [0.5, 0.6) is 0 Å². The van der Waals surface area contributed by atoms with Crippen LogP contribution >= 0.6 is 11.8 Å². The van der Waals surface area contributed by atoms with Crippen molar-refractivity contribution in [3.8, 4) is 0 Å². The minimum atomic E-state index is -0.259. The molecule has 6 heteroatoms. The van der Waals surface area contributed by atoms with Crippen LogP contribution in [0.2, 0.25) is 0 Å². The predicted molar refractivity (Wildman–Crippen MR) is 72.9 cm³/mol. The Balaban J connectivity index is 2.13. The van der Waals surface area contributed by atoms with Crippen LogP contribution in [-0.2, 0) is 9.59 Å². The van der Waals surface area contributed by atoms with Crippen molar-refractivity contribution in [1.29, 1.82) is 0 Å². The van der Waals surface area contributed by atoms with Gasteiger partial charge in [0.15, 0.2) is 0 Å². The molecule has 0 saturated carbocycles. The molecule has 2 rings (SSSR count). The van der Waals surface area contributed by atoms with E-state index >= 15 is 0 Å². The summed E-state index contributed by atoms with van der Waals surface area (Å²) in [6, 6.07) is 5.26. The van der Waals surface area contributed by atoms with E-state index in [0.29, 0.717) is 11.4 Å². The largest absolute Gasteiger partial charge is 0.325 e. The summed E-state index contributed by atoms with van der Waals surface area (Å²) in [6.07, 6.45) is 0. The second-order valence-corrected chi connectivity index (χ2v) is 5.06. The molecule has 0 aliphatic carbocycles. The number of rotatable bonds is 3. The maximum atomic E-state index is 11.7. The third kappa shape index (κ3) is 2.83. The number of hydrogen-bond donors (Lipinski definition) is 3. The molecule has 0 spiro atoms. The minimum absolute atomic E-state index is 0.0143. The minimum Gasteiger partial charge on any atom is -0.325 e. The molecule has 1 aliphatic heterocycles. The lowest BCUT2D eigenvalue weighted by atomic mass is 10.2. The van der Waals surface area contributed by atoms with Crippen LogP contribution < -0.4 is 16.0 Å². The summed E-state index contributed by atoms with van der Waals surface area (Å²) in [5.41, 5.74) is 1.44. The number of fused-ring (bicyclic) bond motifs is 1. The van der Waals surface area contributed by atoms with E-state index in [1.807, 2.05) is 12.1 Å². The van der Waals surface area contributed by atoms with Gasteiger partial charge in [-0.2, -0.15) is 0 Å². The number of amides is 2. The van der Waals surface area contributed by atoms with Gasteiger partial charge in [0.25, 0.3) is 0 Å². The maximum absolute atomic E-state index is 11.7. The number of benzene rings is 1. The predicted octanol–water partition coefficient (Wildman–Crippen LogP) is 1.28. The van der Waals surface area contributed by atoms with Gasteiger partial charge in [-0.1, -0.05) is 0 Å². The van der Waals surface area contributed by atoms with Crippen LogP contribution in [0.25, 0.3) is 0 Å². The van der Waals surface area contributed by atoms with Gasteiger partial charge >= 0.3 is 0 Å². The fraction of sp³-hybridized carbons (Fsp3) is 0.333. The quantitative estimate of drug-likeness (QED) is 0.770. The van der Waals surface area contributed by atoms with Crippen LogP contribution in [-0.4, -0.2) is 30.7 Å². The fourth-order valence-electron chi connectivity index (χ4n) is 1.54. The Kier molecular flexibility index (Phi) is 3.88. The van der Waals surface area contributed by atoms with E-state index in [2.05, 4.69) is 16.0 Å². The Bertz CT molecular complexity index is 490. The molecular formula is C12H15N3O2S. The average molecular weight is 265 g/mol. The Hall–Kier alpha value is -1.53. The molecule has 1 atom stereocenters.